The Morgan fingerprint density at radius 2 is 2.04 bits per heavy atom. The lowest BCUT2D eigenvalue weighted by Crippen LogP contribution is -2.51. The van der Waals surface area contributed by atoms with Gasteiger partial charge in [-0.15, -0.1) is 0 Å². The van der Waals surface area contributed by atoms with Crippen LogP contribution in [0.4, 0.5) is 0 Å². The Morgan fingerprint density at radius 3 is 2.79 bits per heavy atom. The van der Waals surface area contributed by atoms with Crippen LogP contribution in [0.2, 0.25) is 0 Å². The zero-order valence-corrected chi connectivity index (χ0v) is 16.6. The molecule has 1 aromatic carbocycles. The van der Waals surface area contributed by atoms with Gasteiger partial charge in [-0.3, -0.25) is 9.69 Å². The maximum Gasteiger partial charge on any atom is 0.328 e. The van der Waals surface area contributed by atoms with Crippen LogP contribution in [-0.2, 0) is 20.9 Å². The zero-order chi connectivity index (χ0) is 19.9. The summed E-state index contributed by atoms with van der Waals surface area (Å²) in [5.41, 5.74) is 2.03. The molecule has 1 atom stereocenters. The first-order valence-electron chi connectivity index (χ1n) is 9.82. The van der Waals surface area contributed by atoms with Gasteiger partial charge in [0.25, 0.3) is 0 Å². The minimum Gasteiger partial charge on any atom is -0.464 e. The van der Waals surface area contributed by atoms with Gasteiger partial charge in [0.15, 0.2) is 0 Å². The molecule has 0 spiro atoms. The first kappa shape index (κ1) is 20.1. The molecule has 1 aliphatic heterocycles. The molecule has 2 heterocycles. The Balaban J connectivity index is 1.58. The van der Waals surface area contributed by atoms with E-state index in [-0.39, 0.29) is 18.4 Å². The molecule has 1 aromatic heterocycles. The molecule has 1 amide bonds. The van der Waals surface area contributed by atoms with E-state index in [2.05, 4.69) is 5.10 Å². The van der Waals surface area contributed by atoms with Crippen molar-refractivity contribution in [2.45, 2.75) is 38.8 Å². The highest BCUT2D eigenvalue weighted by atomic mass is 16.5. The number of ether oxygens (including phenoxy) is 1. The van der Waals surface area contributed by atoms with Gasteiger partial charge in [0.2, 0.25) is 5.91 Å². The van der Waals surface area contributed by atoms with E-state index in [1.54, 1.807) is 11.8 Å². The summed E-state index contributed by atoms with van der Waals surface area (Å²) in [5.74, 6) is -0.321. The molecule has 0 aliphatic carbocycles. The van der Waals surface area contributed by atoms with E-state index in [1.165, 1.54) is 0 Å². The molecule has 7 heteroatoms. The molecule has 7 nitrogen and oxygen atoms in total. The van der Waals surface area contributed by atoms with E-state index in [1.807, 2.05) is 59.4 Å². The molecule has 0 radical (unpaired) electrons. The zero-order valence-electron chi connectivity index (χ0n) is 16.6. The van der Waals surface area contributed by atoms with Crippen molar-refractivity contribution in [1.82, 2.24) is 19.6 Å². The van der Waals surface area contributed by atoms with Crippen molar-refractivity contribution in [2.24, 2.45) is 0 Å². The monoisotopic (exact) mass is 384 g/mol. The first-order valence-corrected chi connectivity index (χ1v) is 9.82. The highest BCUT2D eigenvalue weighted by Crippen LogP contribution is 2.19. The normalized spacial score (nSPS) is 17.0. The molecular weight excluding hydrogens is 356 g/mol. The number of likely N-dealkylation sites (tertiary alicyclic amines) is 1. The average molecular weight is 384 g/mol. The number of piperidine rings is 1. The van der Waals surface area contributed by atoms with Crippen LogP contribution in [0.25, 0.3) is 5.69 Å². The van der Waals surface area contributed by atoms with Crippen LogP contribution < -0.4 is 0 Å². The number of nitrogens with zero attached hydrogens (tertiary/aromatic N) is 4. The van der Waals surface area contributed by atoms with Crippen molar-refractivity contribution in [1.29, 1.82) is 0 Å². The van der Waals surface area contributed by atoms with Gasteiger partial charge in [-0.2, -0.15) is 5.10 Å². The van der Waals surface area contributed by atoms with E-state index >= 15 is 0 Å². The molecule has 0 saturated carbocycles. The number of hydrogen-bond donors (Lipinski definition) is 0. The summed E-state index contributed by atoms with van der Waals surface area (Å²) in [6.07, 6.45) is 6.34. The minimum atomic E-state index is -0.449. The number of rotatable bonds is 7. The number of carbonyl (C=O) groups excluding carboxylic acids is 2. The number of esters is 1. The van der Waals surface area contributed by atoms with E-state index < -0.39 is 6.04 Å². The Kier molecular flexibility index (Phi) is 6.81. The second kappa shape index (κ2) is 9.50. The summed E-state index contributed by atoms with van der Waals surface area (Å²) in [7, 11) is 1.90. The lowest BCUT2D eigenvalue weighted by atomic mass is 10.0. The van der Waals surface area contributed by atoms with Crippen LogP contribution in [0.3, 0.4) is 0 Å². The standard InChI is InChI=1S/C21H28N4O3/c1-3-28-21(27)19-11-7-8-12-24(19)20(26)16-23(2)14-17-13-22-25(15-17)18-9-5-4-6-10-18/h4-6,9-10,13,15,19H,3,7-8,11-12,14,16H2,1-2H3. The highest BCUT2D eigenvalue weighted by molar-refractivity contribution is 5.85. The summed E-state index contributed by atoms with van der Waals surface area (Å²) in [6.45, 7) is 3.60. The summed E-state index contributed by atoms with van der Waals surface area (Å²) < 4.78 is 6.98. The molecule has 1 saturated heterocycles. The minimum absolute atomic E-state index is 0.0318. The summed E-state index contributed by atoms with van der Waals surface area (Å²) in [4.78, 5) is 28.6. The number of aromatic nitrogens is 2. The fourth-order valence-electron chi connectivity index (χ4n) is 3.57. The van der Waals surface area contributed by atoms with Gasteiger partial charge in [0, 0.05) is 24.8 Å². The lowest BCUT2D eigenvalue weighted by molar-refractivity contribution is -0.157. The van der Waals surface area contributed by atoms with Gasteiger partial charge < -0.3 is 9.64 Å². The lowest BCUT2D eigenvalue weighted by Gasteiger charge is -2.35. The van der Waals surface area contributed by atoms with Crippen molar-refractivity contribution < 1.29 is 14.3 Å². The average Bonchev–Trinajstić information content (AvgIpc) is 3.17. The fraction of sp³-hybridized carbons (Fsp3) is 0.476. The van der Waals surface area contributed by atoms with Crippen molar-refractivity contribution in [2.75, 3.05) is 26.7 Å². The molecule has 2 aromatic rings. The van der Waals surface area contributed by atoms with E-state index in [0.717, 1.165) is 24.1 Å². The topological polar surface area (TPSA) is 67.7 Å². The number of hydrogen-bond acceptors (Lipinski definition) is 5. The van der Waals surface area contributed by atoms with Crippen LogP contribution in [-0.4, -0.2) is 64.2 Å². The second-order valence-corrected chi connectivity index (χ2v) is 7.15. The Hall–Kier alpha value is -2.67. The van der Waals surface area contributed by atoms with Gasteiger partial charge in [-0.1, -0.05) is 18.2 Å². The number of para-hydroxylation sites is 1. The third kappa shape index (κ3) is 4.98. The SMILES string of the molecule is CCOC(=O)C1CCCCN1C(=O)CN(C)Cc1cnn(-c2ccccc2)c1. The van der Waals surface area contributed by atoms with Gasteiger partial charge in [-0.05, 0) is 45.4 Å². The van der Waals surface area contributed by atoms with Crippen LogP contribution in [0.5, 0.6) is 0 Å². The quantitative estimate of drug-likeness (QED) is 0.685. The van der Waals surface area contributed by atoms with Crippen LogP contribution in [0.15, 0.2) is 42.7 Å². The smallest absolute Gasteiger partial charge is 0.328 e. The van der Waals surface area contributed by atoms with Crippen molar-refractivity contribution >= 4 is 11.9 Å². The van der Waals surface area contributed by atoms with Crippen molar-refractivity contribution in [3.8, 4) is 5.69 Å². The molecule has 3 rings (SSSR count). The molecule has 150 valence electrons. The summed E-state index contributed by atoms with van der Waals surface area (Å²) in [5, 5.41) is 4.40. The predicted octanol–water partition coefficient (Wildman–Crippen LogP) is 2.25. The summed E-state index contributed by atoms with van der Waals surface area (Å²) in [6, 6.07) is 9.46. The van der Waals surface area contributed by atoms with Gasteiger partial charge in [0.05, 0.1) is 25.0 Å². The van der Waals surface area contributed by atoms with Crippen molar-refractivity contribution in [3.05, 3.63) is 48.3 Å². The molecular formula is C21H28N4O3. The number of carbonyl (C=O) groups is 2. The van der Waals surface area contributed by atoms with E-state index in [9.17, 15) is 9.59 Å². The Labute approximate surface area is 165 Å². The van der Waals surface area contributed by atoms with Crippen LogP contribution in [0, 0.1) is 0 Å². The first-order chi connectivity index (χ1) is 13.6. The molecule has 1 unspecified atom stereocenters. The largest absolute Gasteiger partial charge is 0.464 e. The van der Waals surface area contributed by atoms with E-state index in [0.29, 0.717) is 26.1 Å². The molecule has 0 bridgehead atoms. The van der Waals surface area contributed by atoms with Gasteiger partial charge in [0.1, 0.15) is 6.04 Å². The van der Waals surface area contributed by atoms with Gasteiger partial charge >= 0.3 is 5.97 Å². The third-order valence-electron chi connectivity index (χ3n) is 4.90. The second-order valence-electron chi connectivity index (χ2n) is 7.15. The maximum atomic E-state index is 12.8. The van der Waals surface area contributed by atoms with Gasteiger partial charge in [-0.25, -0.2) is 9.48 Å². The van der Waals surface area contributed by atoms with Crippen LogP contribution in [0.1, 0.15) is 31.7 Å². The molecule has 1 fully saturated rings. The Bertz CT molecular complexity index is 790. The summed E-state index contributed by atoms with van der Waals surface area (Å²) >= 11 is 0. The highest BCUT2D eigenvalue weighted by Gasteiger charge is 2.33. The van der Waals surface area contributed by atoms with E-state index in [4.69, 9.17) is 4.74 Å². The molecule has 0 N–H and O–H groups in total. The fourth-order valence-corrected chi connectivity index (χ4v) is 3.57. The number of likely N-dealkylation sites (N-methyl/N-ethyl adjacent to an activating group) is 1. The third-order valence-corrected chi connectivity index (χ3v) is 4.90. The maximum absolute atomic E-state index is 12.8. The molecule has 28 heavy (non-hydrogen) atoms. The Morgan fingerprint density at radius 1 is 1.25 bits per heavy atom. The molecule has 1 aliphatic rings. The number of benzene rings is 1. The number of amides is 1. The van der Waals surface area contributed by atoms with Crippen LogP contribution >= 0.6 is 0 Å². The predicted molar refractivity (Wildman–Crippen MR) is 106 cm³/mol. The van der Waals surface area contributed by atoms with Crippen molar-refractivity contribution in [3.63, 3.8) is 0 Å².